The minimum atomic E-state index is -0.310. The number of nitrogens with one attached hydrogen (secondary N) is 1. The average molecular weight is 284 g/mol. The first-order valence-corrected chi connectivity index (χ1v) is 6.59. The highest BCUT2D eigenvalue weighted by molar-refractivity contribution is 6.14. The monoisotopic (exact) mass is 284 g/mol. The number of amidine groups is 1. The second kappa shape index (κ2) is 5.75. The Kier molecular flexibility index (Phi) is 3.64. The van der Waals surface area contributed by atoms with Crippen molar-refractivity contribution >= 4 is 17.8 Å². The van der Waals surface area contributed by atoms with Crippen LogP contribution >= 0.6 is 0 Å². The van der Waals surface area contributed by atoms with Gasteiger partial charge in [0.05, 0.1) is 6.26 Å². The summed E-state index contributed by atoms with van der Waals surface area (Å²) >= 11 is 0. The van der Waals surface area contributed by atoms with Gasteiger partial charge < -0.3 is 9.73 Å². The standard InChI is InChI=1S/C16H13FN2O2/c17-12-5-3-11(4-6-12)10-14-16(20)19-15(18-14)8-7-13-2-1-9-21-13/h1-6,9-10H,7-8H2,(H,18,19,20)/b14-10+. The van der Waals surface area contributed by atoms with Gasteiger partial charge in [0, 0.05) is 12.8 Å². The predicted molar refractivity (Wildman–Crippen MR) is 77.0 cm³/mol. The zero-order valence-corrected chi connectivity index (χ0v) is 11.2. The topological polar surface area (TPSA) is 54.6 Å². The van der Waals surface area contributed by atoms with Crippen molar-refractivity contribution in [1.29, 1.82) is 0 Å². The molecule has 1 aliphatic heterocycles. The van der Waals surface area contributed by atoms with Crippen LogP contribution in [0.2, 0.25) is 0 Å². The van der Waals surface area contributed by atoms with Crippen LogP contribution in [0.25, 0.3) is 6.08 Å². The number of rotatable bonds is 4. The van der Waals surface area contributed by atoms with E-state index < -0.39 is 0 Å². The molecule has 0 unspecified atom stereocenters. The molecule has 0 atom stereocenters. The molecular formula is C16H13FN2O2. The van der Waals surface area contributed by atoms with Crippen molar-refractivity contribution in [3.8, 4) is 0 Å². The van der Waals surface area contributed by atoms with E-state index in [1.807, 2.05) is 12.1 Å². The molecule has 1 aromatic heterocycles. The maximum atomic E-state index is 12.8. The Hall–Kier alpha value is -2.69. The van der Waals surface area contributed by atoms with Crippen LogP contribution in [0.3, 0.4) is 0 Å². The van der Waals surface area contributed by atoms with E-state index in [-0.39, 0.29) is 11.7 Å². The first kappa shape index (κ1) is 13.3. The Morgan fingerprint density at radius 2 is 2.00 bits per heavy atom. The Balaban J connectivity index is 1.71. The van der Waals surface area contributed by atoms with Crippen LogP contribution < -0.4 is 5.32 Å². The molecule has 0 aliphatic carbocycles. The smallest absolute Gasteiger partial charge is 0.275 e. The Bertz CT molecular complexity index is 700. The zero-order chi connectivity index (χ0) is 14.7. The lowest BCUT2D eigenvalue weighted by Gasteiger charge is -1.97. The fourth-order valence-electron chi connectivity index (χ4n) is 2.05. The quantitative estimate of drug-likeness (QED) is 0.878. The minimum Gasteiger partial charge on any atom is -0.469 e. The summed E-state index contributed by atoms with van der Waals surface area (Å²) in [7, 11) is 0. The predicted octanol–water partition coefficient (Wildman–Crippen LogP) is 2.92. The first-order chi connectivity index (χ1) is 10.2. The van der Waals surface area contributed by atoms with Gasteiger partial charge >= 0.3 is 0 Å². The molecule has 0 radical (unpaired) electrons. The number of carbonyl (C=O) groups excluding carboxylic acids is 1. The number of nitrogens with zero attached hydrogens (tertiary/aromatic N) is 1. The summed E-state index contributed by atoms with van der Waals surface area (Å²) in [5.41, 5.74) is 1.06. The summed E-state index contributed by atoms with van der Waals surface area (Å²) < 4.78 is 18.1. The fourth-order valence-corrected chi connectivity index (χ4v) is 2.05. The lowest BCUT2D eigenvalue weighted by Crippen LogP contribution is -2.24. The Labute approximate surface area is 121 Å². The molecule has 1 N–H and O–H groups in total. The molecule has 21 heavy (non-hydrogen) atoms. The van der Waals surface area contributed by atoms with E-state index in [0.29, 0.717) is 24.4 Å². The van der Waals surface area contributed by atoms with Gasteiger partial charge in [-0.2, -0.15) is 0 Å². The van der Waals surface area contributed by atoms with E-state index in [1.54, 1.807) is 24.5 Å². The molecule has 2 aromatic rings. The van der Waals surface area contributed by atoms with Crippen LogP contribution in [0.1, 0.15) is 17.7 Å². The molecule has 2 heterocycles. The molecule has 0 fully saturated rings. The van der Waals surface area contributed by atoms with E-state index in [4.69, 9.17) is 4.42 Å². The molecule has 1 aromatic carbocycles. The number of benzene rings is 1. The summed E-state index contributed by atoms with van der Waals surface area (Å²) in [5.74, 6) is 0.914. The number of hydrogen-bond donors (Lipinski definition) is 1. The van der Waals surface area contributed by atoms with Crippen molar-refractivity contribution in [3.05, 3.63) is 65.5 Å². The van der Waals surface area contributed by atoms with Gasteiger partial charge in [0.15, 0.2) is 0 Å². The summed E-state index contributed by atoms with van der Waals surface area (Å²) in [6.45, 7) is 0. The Morgan fingerprint density at radius 1 is 1.19 bits per heavy atom. The molecule has 0 bridgehead atoms. The maximum Gasteiger partial charge on any atom is 0.275 e. The van der Waals surface area contributed by atoms with Crippen molar-refractivity contribution in [2.75, 3.05) is 0 Å². The summed E-state index contributed by atoms with van der Waals surface area (Å²) in [5, 5.41) is 2.73. The second-order valence-corrected chi connectivity index (χ2v) is 4.67. The van der Waals surface area contributed by atoms with E-state index >= 15 is 0 Å². The highest BCUT2D eigenvalue weighted by Crippen LogP contribution is 2.14. The van der Waals surface area contributed by atoms with Crippen LogP contribution in [0.4, 0.5) is 4.39 Å². The van der Waals surface area contributed by atoms with Crippen LogP contribution in [0.15, 0.2) is 57.8 Å². The van der Waals surface area contributed by atoms with Gasteiger partial charge in [0.2, 0.25) is 0 Å². The third-order valence-corrected chi connectivity index (χ3v) is 3.11. The summed E-state index contributed by atoms with van der Waals surface area (Å²) in [6, 6.07) is 9.61. The Morgan fingerprint density at radius 3 is 2.71 bits per heavy atom. The highest BCUT2D eigenvalue weighted by Gasteiger charge is 2.19. The van der Waals surface area contributed by atoms with Gasteiger partial charge in [-0.05, 0) is 35.9 Å². The van der Waals surface area contributed by atoms with E-state index in [0.717, 1.165) is 11.3 Å². The van der Waals surface area contributed by atoms with Crippen LogP contribution in [0.5, 0.6) is 0 Å². The first-order valence-electron chi connectivity index (χ1n) is 6.59. The molecular weight excluding hydrogens is 271 g/mol. The molecule has 4 nitrogen and oxygen atoms in total. The lowest BCUT2D eigenvalue weighted by atomic mass is 10.2. The van der Waals surface area contributed by atoms with E-state index in [2.05, 4.69) is 10.3 Å². The number of aliphatic imine (C=N–C) groups is 1. The zero-order valence-electron chi connectivity index (χ0n) is 11.2. The second-order valence-electron chi connectivity index (χ2n) is 4.67. The van der Waals surface area contributed by atoms with Crippen LogP contribution in [-0.2, 0) is 11.2 Å². The molecule has 1 aliphatic rings. The molecule has 5 heteroatoms. The lowest BCUT2D eigenvalue weighted by molar-refractivity contribution is -0.115. The third kappa shape index (κ3) is 3.25. The van der Waals surface area contributed by atoms with Crippen molar-refractivity contribution < 1.29 is 13.6 Å². The largest absolute Gasteiger partial charge is 0.469 e. The molecule has 0 spiro atoms. The van der Waals surface area contributed by atoms with Gasteiger partial charge in [-0.15, -0.1) is 0 Å². The molecule has 1 amide bonds. The highest BCUT2D eigenvalue weighted by atomic mass is 19.1. The van der Waals surface area contributed by atoms with E-state index in [9.17, 15) is 9.18 Å². The summed E-state index contributed by atoms with van der Waals surface area (Å²) in [6.07, 6.45) is 4.52. The van der Waals surface area contributed by atoms with Crippen molar-refractivity contribution in [2.24, 2.45) is 4.99 Å². The molecule has 0 saturated carbocycles. The van der Waals surface area contributed by atoms with Crippen molar-refractivity contribution in [3.63, 3.8) is 0 Å². The SMILES string of the molecule is O=C1NC(CCc2ccco2)=N/C1=C/c1ccc(F)cc1. The molecule has 3 rings (SSSR count). The number of hydrogen-bond acceptors (Lipinski definition) is 3. The number of amides is 1. The fraction of sp³-hybridized carbons (Fsp3) is 0.125. The van der Waals surface area contributed by atoms with Gasteiger partial charge in [-0.1, -0.05) is 12.1 Å². The van der Waals surface area contributed by atoms with Crippen molar-refractivity contribution in [2.45, 2.75) is 12.8 Å². The molecule has 106 valence electrons. The maximum absolute atomic E-state index is 12.8. The van der Waals surface area contributed by atoms with Gasteiger partial charge in [-0.25, -0.2) is 9.38 Å². The third-order valence-electron chi connectivity index (χ3n) is 3.11. The number of halogens is 1. The summed E-state index contributed by atoms with van der Waals surface area (Å²) in [4.78, 5) is 16.1. The van der Waals surface area contributed by atoms with Crippen LogP contribution in [0, 0.1) is 5.82 Å². The number of aryl methyl sites for hydroxylation is 1. The number of carbonyl (C=O) groups is 1. The van der Waals surface area contributed by atoms with E-state index in [1.165, 1.54) is 12.1 Å². The van der Waals surface area contributed by atoms with Gasteiger partial charge in [0.25, 0.3) is 5.91 Å². The van der Waals surface area contributed by atoms with Crippen LogP contribution in [-0.4, -0.2) is 11.7 Å². The van der Waals surface area contributed by atoms with Gasteiger partial charge in [0.1, 0.15) is 23.1 Å². The minimum absolute atomic E-state index is 0.242. The van der Waals surface area contributed by atoms with Gasteiger partial charge in [-0.3, -0.25) is 4.79 Å². The number of furan rings is 1. The normalized spacial score (nSPS) is 16.1. The van der Waals surface area contributed by atoms with Crippen molar-refractivity contribution in [1.82, 2.24) is 5.32 Å². The molecule has 0 saturated heterocycles. The average Bonchev–Trinajstić information content (AvgIpc) is 3.10.